The van der Waals surface area contributed by atoms with Gasteiger partial charge in [0.15, 0.2) is 0 Å². The number of ether oxygens (including phenoxy) is 1. The van der Waals surface area contributed by atoms with E-state index in [9.17, 15) is 0 Å². The molecule has 0 atom stereocenters. The third-order valence-corrected chi connectivity index (χ3v) is 3.91. The second-order valence-electron chi connectivity index (χ2n) is 4.76. The van der Waals surface area contributed by atoms with Crippen LogP contribution in [0.2, 0.25) is 5.02 Å². The van der Waals surface area contributed by atoms with Crippen molar-refractivity contribution >= 4 is 27.5 Å². The van der Waals surface area contributed by atoms with Crippen molar-refractivity contribution in [2.45, 2.75) is 13.1 Å². The molecule has 2 rings (SSSR count). The average molecular weight is 355 g/mol. The Bertz CT molecular complexity index is 571. The van der Waals surface area contributed by atoms with Gasteiger partial charge in [-0.15, -0.1) is 0 Å². The first-order valence-corrected chi connectivity index (χ1v) is 7.51. The third kappa shape index (κ3) is 4.23. The van der Waals surface area contributed by atoms with Gasteiger partial charge in [-0.3, -0.25) is 4.90 Å². The van der Waals surface area contributed by atoms with Gasteiger partial charge in [-0.2, -0.15) is 0 Å². The predicted octanol–water partition coefficient (Wildman–Crippen LogP) is 4.74. The molecule has 0 unspecified atom stereocenters. The molecule has 0 saturated carbocycles. The zero-order valence-corrected chi connectivity index (χ0v) is 13.9. The number of methoxy groups -OCH3 is 1. The zero-order valence-electron chi connectivity index (χ0n) is 11.6. The lowest BCUT2D eigenvalue weighted by Crippen LogP contribution is -2.17. The second-order valence-corrected chi connectivity index (χ2v) is 6.08. The van der Waals surface area contributed by atoms with Gasteiger partial charge in [-0.05, 0) is 42.4 Å². The zero-order chi connectivity index (χ0) is 14.5. The van der Waals surface area contributed by atoms with Crippen LogP contribution >= 0.6 is 27.5 Å². The maximum atomic E-state index is 6.24. The molecule has 0 amide bonds. The Morgan fingerprint density at radius 2 is 1.80 bits per heavy atom. The molecule has 0 bridgehead atoms. The summed E-state index contributed by atoms with van der Waals surface area (Å²) in [6, 6.07) is 14.1. The van der Waals surface area contributed by atoms with Crippen LogP contribution in [-0.4, -0.2) is 19.1 Å². The topological polar surface area (TPSA) is 12.5 Å². The average Bonchev–Trinajstić information content (AvgIpc) is 2.43. The van der Waals surface area contributed by atoms with Gasteiger partial charge in [0.1, 0.15) is 5.75 Å². The van der Waals surface area contributed by atoms with Crippen LogP contribution in [0.25, 0.3) is 0 Å². The van der Waals surface area contributed by atoms with Crippen LogP contribution in [0.15, 0.2) is 46.9 Å². The molecule has 0 N–H and O–H groups in total. The van der Waals surface area contributed by atoms with Crippen molar-refractivity contribution in [3.05, 3.63) is 63.1 Å². The summed E-state index contributed by atoms with van der Waals surface area (Å²) in [5.41, 5.74) is 2.38. The van der Waals surface area contributed by atoms with Crippen molar-refractivity contribution in [1.29, 1.82) is 0 Å². The lowest BCUT2D eigenvalue weighted by Gasteiger charge is -2.18. The molecule has 0 heterocycles. The van der Waals surface area contributed by atoms with E-state index in [1.165, 1.54) is 5.56 Å². The minimum Gasteiger partial charge on any atom is -0.497 e. The van der Waals surface area contributed by atoms with Crippen molar-refractivity contribution in [3.63, 3.8) is 0 Å². The van der Waals surface area contributed by atoms with Gasteiger partial charge in [0.2, 0.25) is 0 Å². The Labute approximate surface area is 133 Å². The molecule has 0 aliphatic carbocycles. The minimum atomic E-state index is 0.793. The van der Waals surface area contributed by atoms with Crippen LogP contribution in [-0.2, 0) is 13.1 Å². The standard InChI is InChI=1S/C16H17BrClNO/c1-19(10-12-3-7-15(20-2)8-4-12)11-13-5-6-14(17)9-16(13)18/h3-9H,10-11H2,1-2H3. The third-order valence-electron chi connectivity index (χ3n) is 3.07. The lowest BCUT2D eigenvalue weighted by molar-refractivity contribution is 0.319. The fourth-order valence-corrected chi connectivity index (χ4v) is 2.77. The second kappa shape index (κ2) is 7.11. The van der Waals surface area contributed by atoms with Gasteiger partial charge >= 0.3 is 0 Å². The van der Waals surface area contributed by atoms with Gasteiger partial charge < -0.3 is 4.74 Å². The largest absolute Gasteiger partial charge is 0.497 e. The van der Waals surface area contributed by atoms with Crippen molar-refractivity contribution in [2.75, 3.05) is 14.2 Å². The van der Waals surface area contributed by atoms with Crippen LogP contribution in [0.4, 0.5) is 0 Å². The van der Waals surface area contributed by atoms with Gasteiger partial charge in [0.05, 0.1) is 7.11 Å². The smallest absolute Gasteiger partial charge is 0.118 e. The number of benzene rings is 2. The maximum Gasteiger partial charge on any atom is 0.118 e. The van der Waals surface area contributed by atoms with Gasteiger partial charge in [-0.1, -0.05) is 45.7 Å². The quantitative estimate of drug-likeness (QED) is 0.769. The molecule has 2 aromatic carbocycles. The SMILES string of the molecule is COc1ccc(CN(C)Cc2ccc(Br)cc2Cl)cc1. The molecule has 20 heavy (non-hydrogen) atoms. The van der Waals surface area contributed by atoms with Crippen molar-refractivity contribution in [2.24, 2.45) is 0 Å². The van der Waals surface area contributed by atoms with Gasteiger partial charge in [0, 0.05) is 22.6 Å². The highest BCUT2D eigenvalue weighted by atomic mass is 79.9. The molecule has 2 nitrogen and oxygen atoms in total. The Morgan fingerprint density at radius 3 is 2.40 bits per heavy atom. The van der Waals surface area contributed by atoms with E-state index in [4.69, 9.17) is 16.3 Å². The summed E-state index contributed by atoms with van der Waals surface area (Å²) in [4.78, 5) is 2.23. The summed E-state index contributed by atoms with van der Waals surface area (Å²) >= 11 is 9.66. The van der Waals surface area contributed by atoms with Crippen LogP contribution in [0.5, 0.6) is 5.75 Å². The Balaban J connectivity index is 1.99. The highest BCUT2D eigenvalue weighted by Crippen LogP contribution is 2.23. The van der Waals surface area contributed by atoms with E-state index in [0.29, 0.717) is 0 Å². The van der Waals surface area contributed by atoms with Crippen molar-refractivity contribution < 1.29 is 4.74 Å². The molecule has 0 spiro atoms. The molecule has 0 aliphatic heterocycles. The van der Waals surface area contributed by atoms with Crippen LogP contribution in [0.3, 0.4) is 0 Å². The van der Waals surface area contributed by atoms with E-state index in [0.717, 1.165) is 33.9 Å². The molecule has 106 valence electrons. The highest BCUT2D eigenvalue weighted by Gasteiger charge is 2.06. The highest BCUT2D eigenvalue weighted by molar-refractivity contribution is 9.10. The van der Waals surface area contributed by atoms with Crippen molar-refractivity contribution in [1.82, 2.24) is 4.90 Å². The summed E-state index contributed by atoms with van der Waals surface area (Å²) < 4.78 is 6.16. The van der Waals surface area contributed by atoms with Gasteiger partial charge in [-0.25, -0.2) is 0 Å². The first-order chi connectivity index (χ1) is 9.58. The number of rotatable bonds is 5. The number of halogens is 2. The van der Waals surface area contributed by atoms with Gasteiger partial charge in [0.25, 0.3) is 0 Å². The normalized spacial score (nSPS) is 10.8. The van der Waals surface area contributed by atoms with Crippen LogP contribution < -0.4 is 4.74 Å². The van der Waals surface area contributed by atoms with Crippen molar-refractivity contribution in [3.8, 4) is 5.75 Å². The molecular formula is C16H17BrClNO. The van der Waals surface area contributed by atoms with E-state index in [1.807, 2.05) is 24.3 Å². The fourth-order valence-electron chi connectivity index (χ4n) is 2.04. The molecule has 0 aromatic heterocycles. The Kier molecular flexibility index (Phi) is 5.46. The molecule has 0 fully saturated rings. The minimum absolute atomic E-state index is 0.793. The number of nitrogens with zero attached hydrogens (tertiary/aromatic N) is 1. The van der Waals surface area contributed by atoms with Crippen LogP contribution in [0, 0.1) is 0 Å². The number of hydrogen-bond acceptors (Lipinski definition) is 2. The molecule has 4 heteroatoms. The Hall–Kier alpha value is -1.03. The maximum absolute atomic E-state index is 6.24. The van der Waals surface area contributed by atoms with E-state index >= 15 is 0 Å². The molecular weight excluding hydrogens is 338 g/mol. The van der Waals surface area contributed by atoms with E-state index in [-0.39, 0.29) is 0 Å². The lowest BCUT2D eigenvalue weighted by atomic mass is 10.1. The Morgan fingerprint density at radius 1 is 1.10 bits per heavy atom. The van der Waals surface area contributed by atoms with E-state index < -0.39 is 0 Å². The summed E-state index contributed by atoms with van der Waals surface area (Å²) in [7, 11) is 3.76. The molecule has 0 radical (unpaired) electrons. The molecule has 0 saturated heterocycles. The van der Waals surface area contributed by atoms with Crippen LogP contribution in [0.1, 0.15) is 11.1 Å². The summed E-state index contributed by atoms with van der Waals surface area (Å²) in [6.07, 6.45) is 0. The molecule has 0 aliphatic rings. The van der Waals surface area contributed by atoms with E-state index in [2.05, 4.69) is 46.1 Å². The first-order valence-electron chi connectivity index (χ1n) is 6.34. The summed E-state index contributed by atoms with van der Waals surface area (Å²) in [5.74, 6) is 0.882. The summed E-state index contributed by atoms with van der Waals surface area (Å²) in [5, 5.41) is 0.793. The first kappa shape index (κ1) is 15.4. The predicted molar refractivity (Wildman–Crippen MR) is 87.3 cm³/mol. The number of hydrogen-bond donors (Lipinski definition) is 0. The summed E-state index contributed by atoms with van der Waals surface area (Å²) in [6.45, 7) is 1.69. The van der Waals surface area contributed by atoms with E-state index in [1.54, 1.807) is 7.11 Å². The monoisotopic (exact) mass is 353 g/mol. The fraction of sp³-hybridized carbons (Fsp3) is 0.250. The molecule has 2 aromatic rings.